The summed E-state index contributed by atoms with van der Waals surface area (Å²) in [6, 6.07) is 4.94. The Morgan fingerprint density at radius 1 is 1.00 bits per heavy atom. The first kappa shape index (κ1) is 14.7. The van der Waals surface area contributed by atoms with Crippen LogP contribution in [-0.2, 0) is 9.59 Å². The Labute approximate surface area is 133 Å². The number of amides is 2. The van der Waals surface area contributed by atoms with Gasteiger partial charge in [0.05, 0.1) is 0 Å². The Bertz CT molecular complexity index is 577. The molecule has 1 aliphatic heterocycles. The van der Waals surface area contributed by atoms with Crippen LogP contribution < -0.4 is 10.2 Å². The van der Waals surface area contributed by atoms with Crippen molar-refractivity contribution in [3.8, 4) is 0 Å². The van der Waals surface area contributed by atoms with Gasteiger partial charge in [0.2, 0.25) is 5.91 Å². The lowest BCUT2D eigenvalue weighted by Gasteiger charge is -2.44. The van der Waals surface area contributed by atoms with Gasteiger partial charge in [0, 0.05) is 15.7 Å². The molecule has 1 saturated carbocycles. The van der Waals surface area contributed by atoms with E-state index in [0.717, 1.165) is 19.3 Å². The van der Waals surface area contributed by atoms with E-state index in [9.17, 15) is 9.59 Å². The molecular formula is C15H16Cl2N2O2. The molecule has 0 bridgehead atoms. The highest BCUT2D eigenvalue weighted by molar-refractivity contribution is 6.35. The van der Waals surface area contributed by atoms with Crippen LogP contribution in [0.1, 0.15) is 32.1 Å². The summed E-state index contributed by atoms with van der Waals surface area (Å²) in [7, 11) is 0. The zero-order valence-corrected chi connectivity index (χ0v) is 13.0. The first-order valence-electron chi connectivity index (χ1n) is 7.09. The largest absolute Gasteiger partial charge is 0.340 e. The normalized spacial score (nSPS) is 21.5. The molecule has 1 aromatic rings. The highest BCUT2D eigenvalue weighted by Gasteiger charge is 2.47. The molecule has 4 nitrogen and oxygen atoms in total. The maximum atomic E-state index is 12.9. The van der Waals surface area contributed by atoms with Crippen LogP contribution in [0.3, 0.4) is 0 Å². The summed E-state index contributed by atoms with van der Waals surface area (Å²) in [5.74, 6) is -0.187. The molecule has 1 N–H and O–H groups in total. The van der Waals surface area contributed by atoms with Crippen LogP contribution in [0.15, 0.2) is 18.2 Å². The molecule has 2 fully saturated rings. The third-order valence-corrected chi connectivity index (χ3v) is 4.64. The van der Waals surface area contributed by atoms with Crippen LogP contribution in [0.2, 0.25) is 10.0 Å². The van der Waals surface area contributed by atoms with Gasteiger partial charge in [0.15, 0.2) is 0 Å². The fourth-order valence-electron chi connectivity index (χ4n) is 3.23. The Kier molecular flexibility index (Phi) is 3.84. The van der Waals surface area contributed by atoms with Crippen LogP contribution in [0, 0.1) is 0 Å². The van der Waals surface area contributed by atoms with Crippen molar-refractivity contribution >= 4 is 40.7 Å². The predicted octanol–water partition coefficient (Wildman–Crippen LogP) is 3.16. The molecule has 0 radical (unpaired) electrons. The molecule has 1 heterocycles. The fraction of sp³-hybridized carbons (Fsp3) is 0.467. The smallest absolute Gasteiger partial charge is 0.253 e. The standard InChI is InChI=1S/C15H16Cl2N2O2/c16-10-6-11(17)8-12(7-10)19-9-13(20)18-15(14(19)21)4-2-1-3-5-15/h6-8H,1-5,9H2,(H,18,20). The van der Waals surface area contributed by atoms with Crippen molar-refractivity contribution in [2.24, 2.45) is 0 Å². The Hall–Kier alpha value is -1.26. The van der Waals surface area contributed by atoms with Gasteiger partial charge in [-0.2, -0.15) is 0 Å². The number of rotatable bonds is 1. The molecule has 0 aromatic heterocycles. The third-order valence-electron chi connectivity index (χ3n) is 4.20. The van der Waals surface area contributed by atoms with Gasteiger partial charge in [0.1, 0.15) is 12.1 Å². The number of carbonyl (C=O) groups excluding carboxylic acids is 2. The molecule has 21 heavy (non-hydrogen) atoms. The maximum Gasteiger partial charge on any atom is 0.253 e. The van der Waals surface area contributed by atoms with Crippen LogP contribution in [0.4, 0.5) is 5.69 Å². The van der Waals surface area contributed by atoms with Crippen molar-refractivity contribution < 1.29 is 9.59 Å². The van der Waals surface area contributed by atoms with Crippen LogP contribution >= 0.6 is 23.2 Å². The summed E-state index contributed by atoms with van der Waals surface area (Å²) in [5.41, 5.74) is -0.167. The van der Waals surface area contributed by atoms with Gasteiger partial charge < -0.3 is 10.2 Å². The van der Waals surface area contributed by atoms with E-state index in [0.29, 0.717) is 28.6 Å². The van der Waals surface area contributed by atoms with Crippen molar-refractivity contribution in [1.82, 2.24) is 5.32 Å². The number of nitrogens with one attached hydrogen (secondary N) is 1. The van der Waals surface area contributed by atoms with Crippen LogP contribution in [-0.4, -0.2) is 23.9 Å². The number of hydrogen-bond acceptors (Lipinski definition) is 2. The average Bonchev–Trinajstić information content (AvgIpc) is 2.43. The number of nitrogens with zero attached hydrogens (tertiary/aromatic N) is 1. The molecule has 0 unspecified atom stereocenters. The molecule has 112 valence electrons. The molecule has 1 aromatic carbocycles. The zero-order valence-electron chi connectivity index (χ0n) is 11.5. The molecule has 2 aliphatic rings. The highest BCUT2D eigenvalue weighted by Crippen LogP contribution is 2.35. The zero-order chi connectivity index (χ0) is 15.0. The molecule has 2 amide bonds. The number of benzene rings is 1. The van der Waals surface area contributed by atoms with Gasteiger partial charge in [-0.05, 0) is 31.0 Å². The minimum atomic E-state index is -0.748. The lowest BCUT2D eigenvalue weighted by molar-refractivity contribution is -0.137. The van der Waals surface area contributed by atoms with E-state index in [1.807, 2.05) is 0 Å². The molecule has 0 atom stereocenters. The minimum absolute atomic E-state index is 0.0112. The summed E-state index contributed by atoms with van der Waals surface area (Å²) in [6.07, 6.45) is 4.41. The van der Waals surface area contributed by atoms with E-state index in [1.54, 1.807) is 18.2 Å². The Morgan fingerprint density at radius 2 is 1.62 bits per heavy atom. The first-order chi connectivity index (χ1) is 10.00. The second-order valence-electron chi connectivity index (χ2n) is 5.71. The van der Waals surface area contributed by atoms with Gasteiger partial charge in [-0.25, -0.2) is 0 Å². The number of carbonyl (C=O) groups is 2. The van der Waals surface area contributed by atoms with Crippen molar-refractivity contribution in [2.75, 3.05) is 11.4 Å². The monoisotopic (exact) mass is 326 g/mol. The van der Waals surface area contributed by atoms with Gasteiger partial charge in [-0.15, -0.1) is 0 Å². The van der Waals surface area contributed by atoms with Gasteiger partial charge >= 0.3 is 0 Å². The third kappa shape index (κ3) is 2.74. The fourth-order valence-corrected chi connectivity index (χ4v) is 3.75. The molecular weight excluding hydrogens is 311 g/mol. The van der Waals surface area contributed by atoms with Crippen molar-refractivity contribution in [3.05, 3.63) is 28.2 Å². The first-order valence-corrected chi connectivity index (χ1v) is 7.85. The predicted molar refractivity (Wildman–Crippen MR) is 82.8 cm³/mol. The van der Waals surface area contributed by atoms with E-state index in [2.05, 4.69) is 5.32 Å². The van der Waals surface area contributed by atoms with Crippen molar-refractivity contribution in [1.29, 1.82) is 0 Å². The number of halogens is 2. The summed E-state index contributed by atoms with van der Waals surface area (Å²) in [5, 5.41) is 3.82. The average molecular weight is 327 g/mol. The molecule has 1 aliphatic carbocycles. The summed E-state index contributed by atoms with van der Waals surface area (Å²) in [4.78, 5) is 26.5. The Balaban J connectivity index is 1.97. The van der Waals surface area contributed by atoms with E-state index in [1.165, 1.54) is 4.90 Å². The number of hydrogen-bond donors (Lipinski definition) is 1. The van der Waals surface area contributed by atoms with Gasteiger partial charge in [-0.3, -0.25) is 9.59 Å². The molecule has 6 heteroatoms. The number of piperazine rings is 1. The maximum absolute atomic E-state index is 12.9. The lowest BCUT2D eigenvalue weighted by Crippen LogP contribution is -2.67. The molecule has 3 rings (SSSR count). The van der Waals surface area contributed by atoms with Crippen molar-refractivity contribution in [2.45, 2.75) is 37.6 Å². The van der Waals surface area contributed by atoms with E-state index < -0.39 is 5.54 Å². The summed E-state index contributed by atoms with van der Waals surface area (Å²) < 4.78 is 0. The number of anilines is 1. The molecule has 1 saturated heterocycles. The highest BCUT2D eigenvalue weighted by atomic mass is 35.5. The second kappa shape index (κ2) is 5.50. The Morgan fingerprint density at radius 3 is 2.24 bits per heavy atom. The summed E-state index contributed by atoms with van der Waals surface area (Å²) >= 11 is 12.0. The van der Waals surface area contributed by atoms with Gasteiger partial charge in [-0.1, -0.05) is 42.5 Å². The lowest BCUT2D eigenvalue weighted by atomic mass is 9.79. The van der Waals surface area contributed by atoms with E-state index in [4.69, 9.17) is 23.2 Å². The van der Waals surface area contributed by atoms with Crippen LogP contribution in [0.25, 0.3) is 0 Å². The summed E-state index contributed by atoms with van der Waals surface area (Å²) in [6.45, 7) is 0.0112. The second-order valence-corrected chi connectivity index (χ2v) is 6.58. The van der Waals surface area contributed by atoms with Crippen LogP contribution in [0.5, 0.6) is 0 Å². The quantitative estimate of drug-likeness (QED) is 0.861. The van der Waals surface area contributed by atoms with E-state index >= 15 is 0 Å². The minimum Gasteiger partial charge on any atom is -0.340 e. The van der Waals surface area contributed by atoms with E-state index in [-0.39, 0.29) is 18.4 Å². The van der Waals surface area contributed by atoms with Crippen molar-refractivity contribution in [3.63, 3.8) is 0 Å². The van der Waals surface area contributed by atoms with Gasteiger partial charge in [0.25, 0.3) is 5.91 Å². The molecule has 1 spiro atoms. The SMILES string of the molecule is O=C1CN(c2cc(Cl)cc(Cl)c2)C(=O)C2(CCCCC2)N1. The topological polar surface area (TPSA) is 49.4 Å².